The second-order valence-electron chi connectivity index (χ2n) is 8.87. The van der Waals surface area contributed by atoms with Gasteiger partial charge in [-0.05, 0) is 49.5 Å². The fourth-order valence-corrected chi connectivity index (χ4v) is 4.82. The molecule has 2 fully saturated rings. The van der Waals surface area contributed by atoms with Crippen LogP contribution in [0.2, 0.25) is 5.02 Å². The first-order chi connectivity index (χ1) is 14.8. The fraction of sp³-hybridized carbons (Fsp3) is 0.565. The fourth-order valence-electron chi connectivity index (χ4n) is 4.62. The maximum Gasteiger partial charge on any atom is 0.190 e. The van der Waals surface area contributed by atoms with Gasteiger partial charge in [0.1, 0.15) is 43.4 Å². The molecule has 1 aromatic rings. The zero-order valence-corrected chi connectivity index (χ0v) is 18.2. The van der Waals surface area contributed by atoms with E-state index in [1.807, 2.05) is 12.1 Å². The number of aliphatic hydroxyl groups excluding tert-OH is 2. The molecule has 31 heavy (non-hydrogen) atoms. The predicted octanol–water partition coefficient (Wildman–Crippen LogP) is 2.99. The standard InChI is InChI=1S/C23H27ClO7/c1-23(2)30-21-19(26)20(29-22(21)31-23)18(25)13-4-5-15(24)14(11-13)9-12-3-6-16-17(10-12)28-8-7-27-16/h3-6,11-12,18-22,25-26H,7-10H2,1-2H3/t12?,18-,19+,20-,21-,22-/m0/s1. The smallest absolute Gasteiger partial charge is 0.190 e. The van der Waals surface area contributed by atoms with Gasteiger partial charge in [-0.3, -0.25) is 0 Å². The van der Waals surface area contributed by atoms with Gasteiger partial charge < -0.3 is 33.9 Å². The summed E-state index contributed by atoms with van der Waals surface area (Å²) in [6.07, 6.45) is 1.26. The van der Waals surface area contributed by atoms with Gasteiger partial charge in [-0.25, -0.2) is 0 Å². The molecule has 0 spiro atoms. The van der Waals surface area contributed by atoms with Crippen molar-refractivity contribution in [1.29, 1.82) is 0 Å². The zero-order chi connectivity index (χ0) is 21.8. The summed E-state index contributed by atoms with van der Waals surface area (Å²) in [5.41, 5.74) is 1.54. The molecule has 168 valence electrons. The zero-order valence-electron chi connectivity index (χ0n) is 17.5. The van der Waals surface area contributed by atoms with Crippen molar-refractivity contribution in [3.63, 3.8) is 0 Å². The molecule has 2 N–H and O–H groups in total. The van der Waals surface area contributed by atoms with Crippen LogP contribution in [0.1, 0.15) is 37.5 Å². The topological polar surface area (TPSA) is 86.6 Å². The van der Waals surface area contributed by atoms with Crippen molar-refractivity contribution in [3.8, 4) is 0 Å². The van der Waals surface area contributed by atoms with Crippen LogP contribution in [0.25, 0.3) is 0 Å². The summed E-state index contributed by atoms with van der Waals surface area (Å²) < 4.78 is 28.6. The molecule has 0 saturated carbocycles. The lowest BCUT2D eigenvalue weighted by atomic mass is 9.89. The van der Waals surface area contributed by atoms with E-state index in [1.54, 1.807) is 26.0 Å². The third-order valence-electron chi connectivity index (χ3n) is 6.12. The van der Waals surface area contributed by atoms with Gasteiger partial charge in [0.25, 0.3) is 0 Å². The van der Waals surface area contributed by atoms with E-state index in [9.17, 15) is 10.2 Å². The van der Waals surface area contributed by atoms with Crippen LogP contribution in [0.4, 0.5) is 0 Å². The summed E-state index contributed by atoms with van der Waals surface area (Å²) in [6.45, 7) is 4.67. The molecule has 0 radical (unpaired) electrons. The molecule has 4 aliphatic rings. The second kappa shape index (κ2) is 8.06. The van der Waals surface area contributed by atoms with Gasteiger partial charge in [-0.15, -0.1) is 0 Å². The van der Waals surface area contributed by atoms with E-state index in [4.69, 9.17) is 35.3 Å². The maximum absolute atomic E-state index is 11.0. The summed E-state index contributed by atoms with van der Waals surface area (Å²) in [5, 5.41) is 22.2. The monoisotopic (exact) mass is 450 g/mol. The number of hydrogen-bond acceptors (Lipinski definition) is 7. The number of benzene rings is 1. The number of ether oxygens (including phenoxy) is 5. The minimum atomic E-state index is -1.04. The Morgan fingerprint density at radius 3 is 2.81 bits per heavy atom. The molecule has 5 rings (SSSR count). The van der Waals surface area contributed by atoms with Crippen LogP contribution in [0, 0.1) is 5.92 Å². The van der Waals surface area contributed by atoms with Crippen LogP contribution in [0.15, 0.2) is 41.9 Å². The van der Waals surface area contributed by atoms with Gasteiger partial charge in [0.2, 0.25) is 0 Å². The predicted molar refractivity (Wildman–Crippen MR) is 111 cm³/mol. The summed E-state index contributed by atoms with van der Waals surface area (Å²) in [6, 6.07) is 5.39. The van der Waals surface area contributed by atoms with Crippen molar-refractivity contribution in [2.75, 3.05) is 13.2 Å². The Labute approximate surface area is 186 Å². The Bertz CT molecular complexity index is 911. The lowest BCUT2D eigenvalue weighted by Crippen LogP contribution is -2.37. The van der Waals surface area contributed by atoms with Crippen LogP contribution in [0.3, 0.4) is 0 Å². The van der Waals surface area contributed by atoms with E-state index in [0.29, 0.717) is 30.2 Å². The van der Waals surface area contributed by atoms with Crippen molar-refractivity contribution in [1.82, 2.24) is 0 Å². The Morgan fingerprint density at radius 1 is 1.19 bits per heavy atom. The Hall–Kier alpha value is -1.61. The molecule has 0 bridgehead atoms. The van der Waals surface area contributed by atoms with E-state index in [-0.39, 0.29) is 5.92 Å². The lowest BCUT2D eigenvalue weighted by molar-refractivity contribution is -0.226. The Balaban J connectivity index is 1.29. The molecular formula is C23H27ClO7. The normalized spacial score (nSPS) is 34.7. The van der Waals surface area contributed by atoms with Gasteiger partial charge in [0.05, 0.1) is 0 Å². The highest BCUT2D eigenvalue weighted by Crippen LogP contribution is 2.41. The van der Waals surface area contributed by atoms with Crippen molar-refractivity contribution >= 4 is 11.6 Å². The summed E-state index contributed by atoms with van der Waals surface area (Å²) >= 11 is 6.46. The molecule has 3 aliphatic heterocycles. The van der Waals surface area contributed by atoms with Crippen LogP contribution in [-0.2, 0) is 30.1 Å². The number of rotatable bonds is 4. The van der Waals surface area contributed by atoms with Crippen LogP contribution >= 0.6 is 11.6 Å². The van der Waals surface area contributed by atoms with Crippen LogP contribution in [0.5, 0.6) is 0 Å². The van der Waals surface area contributed by atoms with Gasteiger partial charge in [-0.2, -0.15) is 0 Å². The molecular weight excluding hydrogens is 424 g/mol. The number of aliphatic hydroxyl groups is 2. The third-order valence-corrected chi connectivity index (χ3v) is 6.49. The van der Waals surface area contributed by atoms with Crippen LogP contribution in [-0.4, -0.2) is 53.8 Å². The third kappa shape index (κ3) is 4.11. The second-order valence-corrected chi connectivity index (χ2v) is 9.27. The summed E-state index contributed by atoms with van der Waals surface area (Å²) in [5.74, 6) is 1.07. The van der Waals surface area contributed by atoms with Gasteiger partial charge in [0, 0.05) is 11.4 Å². The van der Waals surface area contributed by atoms with Crippen molar-refractivity contribution in [3.05, 3.63) is 58.0 Å². The molecule has 1 unspecified atom stereocenters. The number of hydrogen-bond donors (Lipinski definition) is 2. The Kier molecular flexibility index (Phi) is 5.53. The number of allylic oxidation sites excluding steroid dienone is 3. The van der Waals surface area contributed by atoms with E-state index in [0.717, 1.165) is 23.5 Å². The van der Waals surface area contributed by atoms with Crippen molar-refractivity contribution in [2.24, 2.45) is 5.92 Å². The minimum absolute atomic E-state index is 0.210. The van der Waals surface area contributed by atoms with Crippen LogP contribution < -0.4 is 0 Å². The highest BCUT2D eigenvalue weighted by molar-refractivity contribution is 6.31. The maximum atomic E-state index is 11.0. The molecule has 3 heterocycles. The van der Waals surface area contributed by atoms with Gasteiger partial charge in [0.15, 0.2) is 17.8 Å². The first-order valence-electron chi connectivity index (χ1n) is 10.6. The highest BCUT2D eigenvalue weighted by atomic mass is 35.5. The van der Waals surface area contributed by atoms with E-state index in [2.05, 4.69) is 6.08 Å². The molecule has 1 aromatic carbocycles. The largest absolute Gasteiger partial charge is 0.490 e. The Morgan fingerprint density at radius 2 is 2.00 bits per heavy atom. The minimum Gasteiger partial charge on any atom is -0.490 e. The van der Waals surface area contributed by atoms with E-state index in [1.165, 1.54) is 0 Å². The molecule has 2 saturated heterocycles. The highest BCUT2D eigenvalue weighted by Gasteiger charge is 2.56. The van der Waals surface area contributed by atoms with Crippen molar-refractivity contribution < 1.29 is 33.9 Å². The molecule has 1 aliphatic carbocycles. The van der Waals surface area contributed by atoms with Gasteiger partial charge >= 0.3 is 0 Å². The first kappa shape index (κ1) is 21.2. The van der Waals surface area contributed by atoms with Crippen molar-refractivity contribution in [2.45, 2.75) is 63.2 Å². The summed E-state index contributed by atoms with van der Waals surface area (Å²) in [7, 11) is 0. The number of halogens is 1. The van der Waals surface area contributed by atoms with E-state index >= 15 is 0 Å². The molecule has 8 heteroatoms. The molecule has 0 amide bonds. The summed E-state index contributed by atoms with van der Waals surface area (Å²) in [4.78, 5) is 0. The quantitative estimate of drug-likeness (QED) is 0.729. The average molecular weight is 451 g/mol. The number of fused-ring (bicyclic) bond motifs is 1. The van der Waals surface area contributed by atoms with Gasteiger partial charge in [-0.1, -0.05) is 29.8 Å². The van der Waals surface area contributed by atoms with E-state index < -0.39 is 36.5 Å². The lowest BCUT2D eigenvalue weighted by Gasteiger charge is -2.27. The molecule has 0 aromatic heterocycles. The SMILES string of the molecule is CC1(C)O[C@@H]2O[C@@H]([C@@H](O)c3ccc(Cl)c(CC4C=CC5=C(C4)OCCO5)c3)[C@@H](O)[C@@H]2O1. The first-order valence-corrected chi connectivity index (χ1v) is 11.0. The molecule has 6 atom stereocenters. The molecule has 7 nitrogen and oxygen atoms in total. The average Bonchev–Trinajstić information content (AvgIpc) is 3.21.